The molecule has 0 radical (unpaired) electrons. The molecule has 0 saturated heterocycles. The molecule has 0 aromatic carbocycles. The van der Waals surface area contributed by atoms with E-state index in [-0.39, 0.29) is 14.5 Å². The quantitative estimate of drug-likeness (QED) is 0.762. The molecule has 6 heteroatoms. The number of carboxylic acid groups (broad SMARTS) is 1. The zero-order chi connectivity index (χ0) is 9.59. The van der Waals surface area contributed by atoms with E-state index in [1.165, 1.54) is 11.3 Å². The van der Waals surface area contributed by atoms with Gasteiger partial charge in [0.1, 0.15) is 0 Å². The number of aromatic carboxylic acids is 1. The van der Waals surface area contributed by atoms with Crippen LogP contribution in [0.15, 0.2) is 12.8 Å². The van der Waals surface area contributed by atoms with Gasteiger partial charge >= 0.3 is 101 Å². The first-order chi connectivity index (χ1) is 6.09. The number of hydrogen-bond acceptors (Lipinski definition) is 2. The molecule has 0 amide bonds. The average molecular weight is 389 g/mol. The van der Waals surface area contributed by atoms with E-state index in [1.54, 1.807) is 6.07 Å². The fourth-order valence-electron chi connectivity index (χ4n) is 0.968. The molecule has 0 unspecified atom stereocenters. The molecular weight excluding hydrogens is 387 g/mol. The molecule has 0 fully saturated rings. The summed E-state index contributed by atoms with van der Waals surface area (Å²) in [5, 5.41) is 9.82. The predicted octanol–water partition coefficient (Wildman–Crippen LogP) is 3.18. The Balaban J connectivity index is 2.76. The predicted molar refractivity (Wildman–Crippen MR) is 61.1 cm³/mol. The van der Waals surface area contributed by atoms with Crippen molar-refractivity contribution < 1.29 is 9.90 Å². The molecule has 0 atom stereocenters. The third kappa shape index (κ3) is 1.66. The Morgan fingerprint density at radius 2 is 2.15 bits per heavy atom. The number of hydrogen-bond donors (Lipinski definition) is 1. The molecule has 68 valence electrons. The Kier molecular flexibility index (Phi) is 2.68. The number of thiophene rings is 1. The van der Waals surface area contributed by atoms with Crippen LogP contribution in [0.3, 0.4) is 0 Å². The Hall–Kier alpha value is 0.389. The zero-order valence-electron chi connectivity index (χ0n) is 6.01. The van der Waals surface area contributed by atoms with E-state index in [0.717, 1.165) is 16.8 Å². The van der Waals surface area contributed by atoms with Crippen LogP contribution in [-0.2, 0) is 0 Å². The summed E-state index contributed by atoms with van der Waals surface area (Å²) in [5.74, 6) is -0.854. The van der Waals surface area contributed by atoms with E-state index in [4.69, 9.17) is 5.11 Å². The topological polar surface area (TPSA) is 37.3 Å². The number of carboxylic acids is 1. The Bertz CT molecular complexity index is 453. The second kappa shape index (κ2) is 3.51. The Morgan fingerprint density at radius 1 is 1.46 bits per heavy atom. The molecule has 2 aromatic heterocycles. The van der Waals surface area contributed by atoms with Crippen molar-refractivity contribution in [3.63, 3.8) is 0 Å². The van der Waals surface area contributed by atoms with E-state index >= 15 is 0 Å². The van der Waals surface area contributed by atoms with Gasteiger partial charge in [0.15, 0.2) is 0 Å². The molecule has 0 aliphatic heterocycles. The maximum absolute atomic E-state index is 10.7. The summed E-state index contributed by atoms with van der Waals surface area (Å²) in [4.78, 5) is 11.1. The van der Waals surface area contributed by atoms with Gasteiger partial charge in [0.2, 0.25) is 0 Å². The van der Waals surface area contributed by atoms with Crippen molar-refractivity contribution in [3.05, 3.63) is 17.6 Å². The molecule has 13 heavy (non-hydrogen) atoms. The van der Waals surface area contributed by atoms with Gasteiger partial charge in [-0.1, -0.05) is 0 Å². The van der Waals surface area contributed by atoms with E-state index in [9.17, 15) is 4.79 Å². The summed E-state index contributed by atoms with van der Waals surface area (Å²) in [6, 6.07) is 1.72. The van der Waals surface area contributed by atoms with Crippen molar-refractivity contribution in [2.24, 2.45) is 0 Å². The molecule has 2 heterocycles. The summed E-state index contributed by atoms with van der Waals surface area (Å²) in [6.07, 6.45) is 0. The first kappa shape index (κ1) is 9.93. The second-order valence-electron chi connectivity index (χ2n) is 2.31. The van der Waals surface area contributed by atoms with Crippen LogP contribution in [0.25, 0.3) is 10.1 Å². The molecule has 2 rings (SSSR count). The Morgan fingerprint density at radius 3 is 2.69 bits per heavy atom. The average Bonchev–Trinajstić information content (AvgIpc) is 2.55. The minimum absolute atomic E-state index is 0.290. The van der Waals surface area contributed by atoms with E-state index < -0.39 is 5.97 Å². The molecule has 0 bridgehead atoms. The van der Waals surface area contributed by atoms with Gasteiger partial charge in [-0.3, -0.25) is 0 Å². The molecule has 0 aliphatic rings. The third-order valence-corrected chi connectivity index (χ3v) is 7.35. The standard InChI is InChI=1S/C7H2Br2O2SSe/c8-5-2-1-3(7(10)11)12-4(2)6(9)13-5/h1H,(H,10,11). The number of carbonyl (C=O) groups is 1. The zero-order valence-corrected chi connectivity index (χ0v) is 11.7. The van der Waals surface area contributed by atoms with Gasteiger partial charge in [-0.15, -0.1) is 0 Å². The van der Waals surface area contributed by atoms with Crippen molar-refractivity contribution in [2.45, 2.75) is 0 Å². The molecular formula is C7H2Br2O2SSe. The molecule has 0 saturated carbocycles. The minimum atomic E-state index is -0.854. The van der Waals surface area contributed by atoms with Crippen molar-refractivity contribution in [2.75, 3.05) is 0 Å². The van der Waals surface area contributed by atoms with Crippen molar-refractivity contribution in [1.82, 2.24) is 0 Å². The summed E-state index contributed by atoms with van der Waals surface area (Å²) in [7, 11) is 0. The first-order valence-corrected chi connectivity index (χ1v) is 7.32. The van der Waals surface area contributed by atoms with Crippen LogP contribution in [0, 0.1) is 0 Å². The summed E-state index contributed by atoms with van der Waals surface area (Å²) < 4.78 is 3.30. The normalized spacial score (nSPS) is 10.9. The van der Waals surface area contributed by atoms with Gasteiger partial charge in [-0.05, 0) is 0 Å². The monoisotopic (exact) mass is 388 g/mol. The van der Waals surface area contributed by atoms with Crippen LogP contribution in [-0.4, -0.2) is 25.6 Å². The summed E-state index contributed by atoms with van der Waals surface area (Å²) in [6.45, 7) is 0. The van der Waals surface area contributed by atoms with Crippen molar-refractivity contribution >= 4 is 73.8 Å². The number of fused-ring (bicyclic) bond motifs is 1. The van der Waals surface area contributed by atoms with Crippen LogP contribution in [0.4, 0.5) is 0 Å². The molecule has 1 N–H and O–H groups in total. The van der Waals surface area contributed by atoms with Crippen LogP contribution >= 0.6 is 43.2 Å². The fraction of sp³-hybridized carbons (Fsp3) is 0. The summed E-state index contributed by atoms with van der Waals surface area (Å²) >= 11 is 8.51. The fourth-order valence-corrected chi connectivity index (χ4v) is 7.46. The number of rotatable bonds is 1. The molecule has 0 aliphatic carbocycles. The first-order valence-electron chi connectivity index (χ1n) is 3.20. The van der Waals surface area contributed by atoms with Crippen molar-refractivity contribution in [3.8, 4) is 0 Å². The Labute approximate surface area is 101 Å². The maximum atomic E-state index is 10.7. The van der Waals surface area contributed by atoms with E-state index in [1.807, 2.05) is 0 Å². The van der Waals surface area contributed by atoms with Gasteiger partial charge in [0, 0.05) is 0 Å². The molecule has 2 nitrogen and oxygen atoms in total. The van der Waals surface area contributed by atoms with Gasteiger partial charge in [0.25, 0.3) is 0 Å². The van der Waals surface area contributed by atoms with Crippen LogP contribution in [0.2, 0.25) is 0 Å². The number of halogens is 2. The van der Waals surface area contributed by atoms with Crippen LogP contribution in [0.1, 0.15) is 9.67 Å². The second-order valence-corrected chi connectivity index (χ2v) is 9.45. The molecule has 0 spiro atoms. The molecule has 2 aromatic rings. The van der Waals surface area contributed by atoms with E-state index in [0.29, 0.717) is 4.88 Å². The van der Waals surface area contributed by atoms with Gasteiger partial charge in [-0.2, -0.15) is 0 Å². The third-order valence-electron chi connectivity index (χ3n) is 1.51. The SMILES string of the molecule is O=C(O)c1cc2c(Br)[se]c(Br)c2s1. The van der Waals surface area contributed by atoms with Gasteiger partial charge < -0.3 is 0 Å². The summed E-state index contributed by atoms with van der Waals surface area (Å²) in [5.41, 5.74) is 0. The van der Waals surface area contributed by atoms with Gasteiger partial charge in [-0.25, -0.2) is 0 Å². The van der Waals surface area contributed by atoms with Crippen LogP contribution in [0.5, 0.6) is 0 Å². The van der Waals surface area contributed by atoms with E-state index in [2.05, 4.69) is 31.9 Å². The van der Waals surface area contributed by atoms with Crippen molar-refractivity contribution in [1.29, 1.82) is 0 Å². The van der Waals surface area contributed by atoms with Crippen LogP contribution < -0.4 is 0 Å². The van der Waals surface area contributed by atoms with Gasteiger partial charge in [0.05, 0.1) is 0 Å².